The van der Waals surface area contributed by atoms with Crippen LogP contribution in [0.5, 0.6) is 0 Å². The molecular formula is C21H25N2O3+. The highest BCUT2D eigenvalue weighted by molar-refractivity contribution is 5.93. The van der Waals surface area contributed by atoms with Gasteiger partial charge in [0.05, 0.1) is 19.7 Å². The minimum Gasteiger partial charge on any atom is -0.465 e. The van der Waals surface area contributed by atoms with Gasteiger partial charge in [-0.1, -0.05) is 24.3 Å². The second kappa shape index (κ2) is 8.15. The van der Waals surface area contributed by atoms with Crippen molar-refractivity contribution in [2.45, 2.75) is 25.3 Å². The zero-order valence-electron chi connectivity index (χ0n) is 15.2. The maximum atomic E-state index is 12.4. The summed E-state index contributed by atoms with van der Waals surface area (Å²) >= 11 is 0. The Hall–Kier alpha value is -2.66. The number of aryl methyl sites for hydroxylation is 1. The van der Waals surface area contributed by atoms with E-state index in [1.165, 1.54) is 23.1 Å². The number of nitrogens with one attached hydrogen (secondary N) is 2. The van der Waals surface area contributed by atoms with E-state index >= 15 is 0 Å². The number of amides is 1. The molecule has 26 heavy (non-hydrogen) atoms. The van der Waals surface area contributed by atoms with Crippen molar-refractivity contribution >= 4 is 17.6 Å². The number of ether oxygens (including phenoxy) is 1. The fraction of sp³-hybridized carbons (Fsp3) is 0.333. The number of benzene rings is 2. The van der Waals surface area contributed by atoms with Crippen molar-refractivity contribution < 1.29 is 19.2 Å². The monoisotopic (exact) mass is 353 g/mol. The molecule has 1 aliphatic carbocycles. The van der Waals surface area contributed by atoms with Gasteiger partial charge in [-0.25, -0.2) is 4.79 Å². The van der Waals surface area contributed by atoms with Crippen LogP contribution in [-0.4, -0.2) is 32.6 Å². The van der Waals surface area contributed by atoms with Gasteiger partial charge in [-0.05, 0) is 42.7 Å². The van der Waals surface area contributed by atoms with E-state index in [2.05, 4.69) is 41.4 Å². The maximum absolute atomic E-state index is 12.4. The van der Waals surface area contributed by atoms with Crippen LogP contribution in [0.1, 0.15) is 40.4 Å². The zero-order chi connectivity index (χ0) is 18.5. The molecule has 1 aliphatic rings. The lowest BCUT2D eigenvalue weighted by atomic mass is 9.87. The summed E-state index contributed by atoms with van der Waals surface area (Å²) in [7, 11) is 3.42. The standard InChI is InChI=1S/C21H24N2O3/c1-23(19-9-5-7-15-6-3-4-8-18(15)19)14-20(24)22-17-12-10-16(11-13-17)21(25)26-2/h3-4,6,8,10-13,19H,5,7,9,14H2,1-2H3,(H,22,24)/p+1/t19-/m0/s1. The average Bonchev–Trinajstić information content (AvgIpc) is 2.67. The molecule has 5 heteroatoms. The van der Waals surface area contributed by atoms with E-state index in [-0.39, 0.29) is 11.9 Å². The number of fused-ring (bicyclic) bond motifs is 1. The summed E-state index contributed by atoms with van der Waals surface area (Å²) in [6.45, 7) is 0.401. The Kier molecular flexibility index (Phi) is 5.68. The van der Waals surface area contributed by atoms with Crippen LogP contribution in [0.2, 0.25) is 0 Å². The number of carbonyl (C=O) groups is 2. The zero-order valence-corrected chi connectivity index (χ0v) is 15.2. The quantitative estimate of drug-likeness (QED) is 0.809. The molecule has 2 aromatic rings. The largest absolute Gasteiger partial charge is 0.465 e. The van der Waals surface area contributed by atoms with Gasteiger partial charge >= 0.3 is 5.97 Å². The molecule has 0 heterocycles. The Balaban J connectivity index is 1.61. The van der Waals surface area contributed by atoms with Crippen LogP contribution in [0, 0.1) is 0 Å². The summed E-state index contributed by atoms with van der Waals surface area (Å²) < 4.78 is 4.68. The third-order valence-corrected chi connectivity index (χ3v) is 4.99. The number of hydrogen-bond acceptors (Lipinski definition) is 3. The Morgan fingerprint density at radius 3 is 2.62 bits per heavy atom. The SMILES string of the molecule is COC(=O)c1ccc(NC(=O)C[NH+](C)[C@H]2CCCc3ccccc32)cc1. The van der Waals surface area contributed by atoms with Gasteiger partial charge in [-0.3, -0.25) is 4.79 Å². The molecule has 0 aromatic heterocycles. The molecule has 0 fully saturated rings. The normalized spacial score (nSPS) is 17.1. The number of anilines is 1. The highest BCUT2D eigenvalue weighted by Gasteiger charge is 2.27. The summed E-state index contributed by atoms with van der Waals surface area (Å²) in [5.41, 5.74) is 3.92. The molecule has 2 N–H and O–H groups in total. The average molecular weight is 353 g/mol. The summed E-state index contributed by atoms with van der Waals surface area (Å²) in [4.78, 5) is 25.1. The Morgan fingerprint density at radius 1 is 1.15 bits per heavy atom. The molecule has 2 atom stereocenters. The molecule has 136 valence electrons. The van der Waals surface area contributed by atoms with E-state index < -0.39 is 0 Å². The van der Waals surface area contributed by atoms with Crippen LogP contribution in [-0.2, 0) is 16.0 Å². The molecule has 5 nitrogen and oxygen atoms in total. The van der Waals surface area contributed by atoms with Crippen LogP contribution in [0.4, 0.5) is 5.69 Å². The fourth-order valence-corrected chi connectivity index (χ4v) is 3.65. The minimum absolute atomic E-state index is 0.0311. The maximum Gasteiger partial charge on any atom is 0.337 e. The number of esters is 1. The van der Waals surface area contributed by atoms with Crippen LogP contribution < -0.4 is 10.2 Å². The van der Waals surface area contributed by atoms with Crippen molar-refractivity contribution in [1.29, 1.82) is 0 Å². The van der Waals surface area contributed by atoms with Crippen molar-refractivity contribution in [3.8, 4) is 0 Å². The molecule has 0 radical (unpaired) electrons. The first kappa shape index (κ1) is 18.1. The molecule has 3 rings (SSSR count). The molecule has 1 amide bonds. The van der Waals surface area contributed by atoms with Crippen LogP contribution in [0.3, 0.4) is 0 Å². The first-order valence-corrected chi connectivity index (χ1v) is 8.97. The van der Waals surface area contributed by atoms with E-state index in [0.717, 1.165) is 19.3 Å². The van der Waals surface area contributed by atoms with Crippen molar-refractivity contribution in [3.63, 3.8) is 0 Å². The van der Waals surface area contributed by atoms with Gasteiger partial charge in [0, 0.05) is 17.7 Å². The van der Waals surface area contributed by atoms with Crippen molar-refractivity contribution in [3.05, 3.63) is 65.2 Å². The van der Waals surface area contributed by atoms with Gasteiger partial charge in [0.1, 0.15) is 6.04 Å². The Bertz CT molecular complexity index is 786. The molecule has 0 aliphatic heterocycles. The molecule has 0 spiro atoms. The molecule has 2 aromatic carbocycles. The van der Waals surface area contributed by atoms with E-state index in [1.54, 1.807) is 24.3 Å². The van der Waals surface area contributed by atoms with E-state index in [9.17, 15) is 9.59 Å². The smallest absolute Gasteiger partial charge is 0.337 e. The second-order valence-corrected chi connectivity index (χ2v) is 6.78. The number of carbonyl (C=O) groups excluding carboxylic acids is 2. The van der Waals surface area contributed by atoms with Crippen molar-refractivity contribution in [1.82, 2.24) is 0 Å². The van der Waals surface area contributed by atoms with Crippen molar-refractivity contribution in [2.24, 2.45) is 0 Å². The first-order chi connectivity index (χ1) is 12.6. The lowest BCUT2D eigenvalue weighted by Crippen LogP contribution is -3.10. The lowest BCUT2D eigenvalue weighted by Gasteiger charge is -2.30. The summed E-state index contributed by atoms with van der Waals surface area (Å²) in [6.07, 6.45) is 3.39. The summed E-state index contributed by atoms with van der Waals surface area (Å²) in [6, 6.07) is 15.6. The lowest BCUT2D eigenvalue weighted by molar-refractivity contribution is -0.905. The predicted octanol–water partition coefficient (Wildman–Crippen LogP) is 2.00. The minimum atomic E-state index is -0.386. The predicted molar refractivity (Wildman–Crippen MR) is 100 cm³/mol. The van der Waals surface area contributed by atoms with Gasteiger partial charge in [-0.15, -0.1) is 0 Å². The van der Waals surface area contributed by atoms with Crippen molar-refractivity contribution in [2.75, 3.05) is 26.0 Å². The number of likely N-dealkylation sites (N-methyl/N-ethyl adjacent to an activating group) is 1. The number of hydrogen-bond donors (Lipinski definition) is 2. The van der Waals surface area contributed by atoms with E-state index in [0.29, 0.717) is 23.8 Å². The first-order valence-electron chi connectivity index (χ1n) is 8.97. The van der Waals surface area contributed by atoms with Gasteiger partial charge in [0.25, 0.3) is 5.91 Å². The number of methoxy groups -OCH3 is 1. The van der Waals surface area contributed by atoms with Gasteiger partial charge in [0.15, 0.2) is 6.54 Å². The fourth-order valence-electron chi connectivity index (χ4n) is 3.65. The van der Waals surface area contributed by atoms with Crippen LogP contribution in [0.15, 0.2) is 48.5 Å². The number of rotatable bonds is 5. The third kappa shape index (κ3) is 4.11. The van der Waals surface area contributed by atoms with E-state index in [1.807, 2.05) is 0 Å². The topological polar surface area (TPSA) is 59.8 Å². The Labute approximate surface area is 154 Å². The second-order valence-electron chi connectivity index (χ2n) is 6.78. The Morgan fingerprint density at radius 2 is 1.88 bits per heavy atom. The molecule has 0 bridgehead atoms. The molecule has 0 saturated heterocycles. The van der Waals surface area contributed by atoms with Gasteiger partial charge in [-0.2, -0.15) is 0 Å². The molecule has 0 saturated carbocycles. The van der Waals surface area contributed by atoms with Crippen LogP contribution in [0.25, 0.3) is 0 Å². The summed E-state index contributed by atoms with van der Waals surface area (Å²) in [5.74, 6) is -0.417. The molecule has 1 unspecified atom stereocenters. The third-order valence-electron chi connectivity index (χ3n) is 4.99. The number of quaternary nitrogens is 1. The van der Waals surface area contributed by atoms with Crippen LogP contribution >= 0.6 is 0 Å². The highest BCUT2D eigenvalue weighted by Crippen LogP contribution is 2.27. The summed E-state index contributed by atoms with van der Waals surface area (Å²) in [5, 5.41) is 2.91. The van der Waals surface area contributed by atoms with E-state index in [4.69, 9.17) is 0 Å². The molecular weight excluding hydrogens is 328 g/mol. The highest BCUT2D eigenvalue weighted by atomic mass is 16.5. The van der Waals surface area contributed by atoms with Gasteiger partial charge < -0.3 is 15.0 Å². The van der Waals surface area contributed by atoms with Gasteiger partial charge in [0.2, 0.25) is 0 Å².